The molecule has 1 amide bonds. The van der Waals surface area contributed by atoms with E-state index < -0.39 is 12.0 Å². The Morgan fingerprint density at radius 1 is 1.26 bits per heavy atom. The summed E-state index contributed by atoms with van der Waals surface area (Å²) < 4.78 is 42.4. The van der Waals surface area contributed by atoms with E-state index in [0.717, 1.165) is 12.8 Å². The van der Waals surface area contributed by atoms with Gasteiger partial charge in [-0.25, -0.2) is 4.98 Å². The molecule has 2 aromatic heterocycles. The predicted molar refractivity (Wildman–Crippen MR) is 106 cm³/mol. The Morgan fingerprint density at radius 3 is 2.58 bits per heavy atom. The first-order valence-corrected chi connectivity index (χ1v) is 10.1. The molecule has 2 N–H and O–H groups in total. The number of nitrogens with one attached hydrogen (secondary N) is 2. The fraction of sp³-hybridized carbons (Fsp3) is 0.632. The van der Waals surface area contributed by atoms with Gasteiger partial charge in [0.1, 0.15) is 11.7 Å². The SMILES string of the molecule is Cc1nc(NC2CC(Cc3nc(C(F)(F)F)no3)C2)nc2c1NC(=O)[C@H](C(C)C)N2C. The first-order chi connectivity index (χ1) is 14.5. The number of carbonyl (C=O) groups excluding carboxylic acids is 1. The predicted octanol–water partition coefficient (Wildman–Crippen LogP) is 3.03. The number of halogens is 3. The summed E-state index contributed by atoms with van der Waals surface area (Å²) in [5.74, 6) is 0.0509. The second-order valence-corrected chi connectivity index (χ2v) is 8.51. The number of likely N-dealkylation sites (N-methyl/N-ethyl adjacent to an activating group) is 1. The molecule has 2 aliphatic rings. The van der Waals surface area contributed by atoms with Gasteiger partial charge >= 0.3 is 6.18 Å². The van der Waals surface area contributed by atoms with Crippen LogP contribution >= 0.6 is 0 Å². The molecule has 0 aromatic carbocycles. The summed E-state index contributed by atoms with van der Waals surface area (Å²) in [4.78, 5) is 26.8. The summed E-state index contributed by atoms with van der Waals surface area (Å²) in [6.07, 6.45) is -2.85. The van der Waals surface area contributed by atoms with Crippen molar-refractivity contribution in [3.63, 3.8) is 0 Å². The van der Waals surface area contributed by atoms with E-state index in [1.165, 1.54) is 0 Å². The van der Waals surface area contributed by atoms with Crippen LogP contribution in [0.5, 0.6) is 0 Å². The van der Waals surface area contributed by atoms with Crippen LogP contribution in [0.15, 0.2) is 4.52 Å². The van der Waals surface area contributed by atoms with Crippen LogP contribution in [-0.4, -0.2) is 45.1 Å². The van der Waals surface area contributed by atoms with Crippen molar-refractivity contribution in [2.45, 2.75) is 58.3 Å². The van der Waals surface area contributed by atoms with Gasteiger partial charge in [0.2, 0.25) is 17.7 Å². The van der Waals surface area contributed by atoms with Crippen LogP contribution in [0.1, 0.15) is 44.1 Å². The minimum atomic E-state index is -4.60. The van der Waals surface area contributed by atoms with Crippen molar-refractivity contribution in [3.05, 3.63) is 17.4 Å². The van der Waals surface area contributed by atoms with Crippen LogP contribution in [0.25, 0.3) is 0 Å². The highest BCUT2D eigenvalue weighted by Crippen LogP contribution is 2.36. The number of hydrogen-bond donors (Lipinski definition) is 2. The standard InChI is InChI=1S/C19H24F3N7O2/c1-8(2)14-16(30)26-13-9(3)23-18(27-15(13)29(14)4)24-11-5-10(6-11)7-12-25-17(28-31-12)19(20,21)22/h8,10-11,14H,5-7H2,1-4H3,(H,26,30)(H,23,24,27)/t10?,11?,14-/m0/s1. The quantitative estimate of drug-likeness (QED) is 0.732. The number of amides is 1. The number of nitrogens with zero attached hydrogens (tertiary/aromatic N) is 5. The monoisotopic (exact) mass is 439 g/mol. The molecule has 31 heavy (non-hydrogen) atoms. The van der Waals surface area contributed by atoms with E-state index in [-0.39, 0.29) is 35.7 Å². The van der Waals surface area contributed by atoms with Crippen molar-refractivity contribution < 1.29 is 22.5 Å². The number of hydrogen-bond acceptors (Lipinski definition) is 8. The summed E-state index contributed by atoms with van der Waals surface area (Å²) in [6.45, 7) is 5.77. The fourth-order valence-corrected chi connectivity index (χ4v) is 4.18. The smallest absolute Gasteiger partial charge is 0.351 e. The molecule has 0 radical (unpaired) electrons. The molecule has 1 aliphatic carbocycles. The largest absolute Gasteiger partial charge is 0.455 e. The molecule has 168 valence electrons. The number of rotatable bonds is 5. The van der Waals surface area contributed by atoms with Crippen molar-refractivity contribution in [1.29, 1.82) is 0 Å². The lowest BCUT2D eigenvalue weighted by Gasteiger charge is -2.38. The topological polar surface area (TPSA) is 109 Å². The summed E-state index contributed by atoms with van der Waals surface area (Å²) in [5.41, 5.74) is 1.27. The van der Waals surface area contributed by atoms with Gasteiger partial charge in [0.15, 0.2) is 5.82 Å². The molecule has 12 heteroatoms. The maximum Gasteiger partial charge on any atom is 0.455 e. The molecule has 4 rings (SSSR count). The van der Waals surface area contributed by atoms with Gasteiger partial charge in [0.05, 0.1) is 5.69 Å². The first-order valence-electron chi connectivity index (χ1n) is 10.1. The van der Waals surface area contributed by atoms with E-state index in [1.54, 1.807) is 0 Å². The Kier molecular flexibility index (Phi) is 5.26. The highest BCUT2D eigenvalue weighted by Gasteiger charge is 2.39. The van der Waals surface area contributed by atoms with Gasteiger partial charge in [0, 0.05) is 19.5 Å². The molecule has 1 fully saturated rings. The number of anilines is 3. The first kappa shape index (κ1) is 21.3. The minimum absolute atomic E-state index is 0.00579. The van der Waals surface area contributed by atoms with Crippen LogP contribution in [0.3, 0.4) is 0 Å². The third-order valence-electron chi connectivity index (χ3n) is 5.72. The van der Waals surface area contributed by atoms with E-state index in [9.17, 15) is 18.0 Å². The lowest BCUT2D eigenvalue weighted by Crippen LogP contribution is -2.50. The second-order valence-electron chi connectivity index (χ2n) is 8.51. The third-order valence-corrected chi connectivity index (χ3v) is 5.72. The zero-order valence-corrected chi connectivity index (χ0v) is 17.6. The lowest BCUT2D eigenvalue weighted by atomic mass is 9.78. The van der Waals surface area contributed by atoms with Crippen LogP contribution in [0.2, 0.25) is 0 Å². The Hall–Kier alpha value is -2.92. The van der Waals surface area contributed by atoms with Crippen molar-refractivity contribution in [2.24, 2.45) is 11.8 Å². The minimum Gasteiger partial charge on any atom is -0.351 e. The fourth-order valence-electron chi connectivity index (χ4n) is 4.18. The van der Waals surface area contributed by atoms with E-state index in [4.69, 9.17) is 4.52 Å². The van der Waals surface area contributed by atoms with E-state index in [0.29, 0.717) is 29.6 Å². The van der Waals surface area contributed by atoms with Crippen molar-refractivity contribution >= 4 is 23.4 Å². The Balaban J connectivity index is 1.39. The van der Waals surface area contributed by atoms with Crippen molar-refractivity contribution in [1.82, 2.24) is 20.1 Å². The molecule has 0 unspecified atom stereocenters. The van der Waals surface area contributed by atoms with Crippen LogP contribution in [-0.2, 0) is 17.4 Å². The number of carbonyl (C=O) groups is 1. The number of alkyl halides is 3. The molecule has 0 saturated heterocycles. The highest BCUT2D eigenvalue weighted by molar-refractivity contribution is 6.03. The van der Waals surface area contributed by atoms with Crippen LogP contribution in [0.4, 0.5) is 30.6 Å². The second kappa shape index (κ2) is 7.65. The molecule has 0 spiro atoms. The van der Waals surface area contributed by atoms with Gasteiger partial charge in [-0.15, -0.1) is 0 Å². The zero-order valence-electron chi connectivity index (χ0n) is 17.6. The molecule has 1 atom stereocenters. The lowest BCUT2D eigenvalue weighted by molar-refractivity contribution is -0.146. The summed E-state index contributed by atoms with van der Waals surface area (Å²) in [5, 5.41) is 9.18. The average molecular weight is 439 g/mol. The van der Waals surface area contributed by atoms with Gasteiger partial charge in [0.25, 0.3) is 5.82 Å². The molecule has 2 aromatic rings. The maximum atomic E-state index is 12.6. The van der Waals surface area contributed by atoms with Gasteiger partial charge < -0.3 is 20.1 Å². The van der Waals surface area contributed by atoms with Gasteiger partial charge in [-0.3, -0.25) is 4.79 Å². The number of fused-ring (bicyclic) bond motifs is 1. The van der Waals surface area contributed by atoms with E-state index in [1.807, 2.05) is 32.7 Å². The highest BCUT2D eigenvalue weighted by atomic mass is 19.4. The summed E-state index contributed by atoms with van der Waals surface area (Å²) >= 11 is 0. The third kappa shape index (κ3) is 4.15. The van der Waals surface area contributed by atoms with Crippen molar-refractivity contribution in [3.8, 4) is 0 Å². The number of aryl methyl sites for hydroxylation is 1. The van der Waals surface area contributed by atoms with Crippen molar-refractivity contribution in [2.75, 3.05) is 22.6 Å². The van der Waals surface area contributed by atoms with E-state index in [2.05, 4.69) is 30.7 Å². The maximum absolute atomic E-state index is 12.6. The van der Waals surface area contributed by atoms with Crippen LogP contribution < -0.4 is 15.5 Å². The van der Waals surface area contributed by atoms with E-state index >= 15 is 0 Å². The molecule has 1 saturated carbocycles. The van der Waals surface area contributed by atoms with Gasteiger partial charge in [-0.2, -0.15) is 23.1 Å². The molecule has 0 bridgehead atoms. The van der Waals surface area contributed by atoms with Crippen LogP contribution in [0, 0.1) is 18.8 Å². The normalized spacial score (nSPS) is 23.4. The Labute approximate surface area is 176 Å². The number of aromatic nitrogens is 4. The molecule has 9 nitrogen and oxygen atoms in total. The Bertz CT molecular complexity index is 985. The van der Waals surface area contributed by atoms with Gasteiger partial charge in [-0.05, 0) is 31.6 Å². The molecular weight excluding hydrogens is 415 g/mol. The Morgan fingerprint density at radius 2 is 1.97 bits per heavy atom. The molecular formula is C19H24F3N7O2. The van der Waals surface area contributed by atoms with Gasteiger partial charge in [-0.1, -0.05) is 19.0 Å². The average Bonchev–Trinajstić information content (AvgIpc) is 3.10. The summed E-state index contributed by atoms with van der Waals surface area (Å²) in [7, 11) is 1.84. The molecule has 1 aliphatic heterocycles. The summed E-state index contributed by atoms with van der Waals surface area (Å²) in [6, 6.07) is -0.226. The zero-order chi connectivity index (χ0) is 22.5. The molecule has 3 heterocycles.